The van der Waals surface area contributed by atoms with Gasteiger partial charge in [-0.1, -0.05) is 32.6 Å². The van der Waals surface area contributed by atoms with Gasteiger partial charge in [0, 0.05) is 19.3 Å². The molecule has 0 fully saturated rings. The number of hydrogen-bond donors (Lipinski definition) is 1. The van der Waals surface area contributed by atoms with Gasteiger partial charge in [0.15, 0.2) is 0 Å². The molecule has 0 radical (unpaired) electrons. The minimum Gasteiger partial charge on any atom is -0.381 e. The molecule has 0 aromatic heterocycles. The number of nitriles is 1. The van der Waals surface area contributed by atoms with Crippen LogP contribution in [0.1, 0.15) is 79.1 Å². The van der Waals surface area contributed by atoms with E-state index in [1.54, 1.807) is 0 Å². The molecule has 118 valence electrons. The maximum absolute atomic E-state index is 9.23. The molecule has 1 atom stereocenters. The van der Waals surface area contributed by atoms with Gasteiger partial charge >= 0.3 is 0 Å². The number of nitrogens with one attached hydrogen (secondary N) is 1. The highest BCUT2D eigenvalue weighted by atomic mass is 16.5. The normalized spacial score (nSPS) is 14.2. The molecular formula is C17H34N2O. The molecule has 1 N–H and O–H groups in total. The first kappa shape index (κ1) is 19.4. The summed E-state index contributed by atoms with van der Waals surface area (Å²) >= 11 is 0. The Hall–Kier alpha value is -0.590. The molecule has 0 aliphatic rings. The van der Waals surface area contributed by atoms with Crippen molar-refractivity contribution in [2.75, 3.05) is 13.2 Å². The summed E-state index contributed by atoms with van der Waals surface area (Å²) in [4.78, 5) is 0. The third-order valence-corrected chi connectivity index (χ3v) is 3.46. The van der Waals surface area contributed by atoms with E-state index in [0.717, 1.165) is 32.5 Å². The molecule has 1 unspecified atom stereocenters. The van der Waals surface area contributed by atoms with Gasteiger partial charge in [-0.15, -0.1) is 0 Å². The quantitative estimate of drug-likeness (QED) is 0.508. The first-order valence-electron chi connectivity index (χ1n) is 8.30. The second-order valence-corrected chi connectivity index (χ2v) is 6.23. The van der Waals surface area contributed by atoms with Crippen molar-refractivity contribution in [3.05, 3.63) is 0 Å². The second-order valence-electron chi connectivity index (χ2n) is 6.23. The fourth-order valence-corrected chi connectivity index (χ4v) is 2.39. The fourth-order valence-electron chi connectivity index (χ4n) is 2.39. The van der Waals surface area contributed by atoms with Crippen LogP contribution in [0.3, 0.4) is 0 Å². The smallest absolute Gasteiger partial charge is 0.104 e. The van der Waals surface area contributed by atoms with Gasteiger partial charge in [-0.25, -0.2) is 0 Å². The Kier molecular flexibility index (Phi) is 11.8. The summed E-state index contributed by atoms with van der Waals surface area (Å²) in [5.41, 5.74) is -0.395. The van der Waals surface area contributed by atoms with Crippen molar-refractivity contribution >= 4 is 0 Å². The molecule has 0 saturated carbocycles. The lowest BCUT2D eigenvalue weighted by Crippen LogP contribution is -2.44. The molecule has 0 aromatic carbocycles. The molecule has 0 heterocycles. The van der Waals surface area contributed by atoms with Gasteiger partial charge in [-0.3, -0.25) is 5.32 Å². The van der Waals surface area contributed by atoms with Gasteiger partial charge in [-0.2, -0.15) is 5.26 Å². The van der Waals surface area contributed by atoms with E-state index in [9.17, 15) is 5.26 Å². The molecule has 3 nitrogen and oxygen atoms in total. The van der Waals surface area contributed by atoms with Crippen LogP contribution in [0.5, 0.6) is 0 Å². The monoisotopic (exact) mass is 282 g/mol. The van der Waals surface area contributed by atoms with Crippen LogP contribution in [0.15, 0.2) is 0 Å². The molecule has 20 heavy (non-hydrogen) atoms. The maximum Gasteiger partial charge on any atom is 0.104 e. The zero-order valence-electron chi connectivity index (χ0n) is 14.0. The van der Waals surface area contributed by atoms with Gasteiger partial charge in [0.2, 0.25) is 0 Å². The summed E-state index contributed by atoms with van der Waals surface area (Å²) in [6.45, 7) is 10.1. The van der Waals surface area contributed by atoms with Crippen LogP contribution in [0.2, 0.25) is 0 Å². The van der Waals surface area contributed by atoms with Crippen molar-refractivity contribution in [2.45, 2.75) is 90.6 Å². The van der Waals surface area contributed by atoms with Crippen molar-refractivity contribution < 1.29 is 4.74 Å². The van der Waals surface area contributed by atoms with Crippen LogP contribution >= 0.6 is 0 Å². The molecule has 0 spiro atoms. The zero-order chi connectivity index (χ0) is 15.3. The molecule has 0 bridgehead atoms. The minimum absolute atomic E-state index is 0.346. The van der Waals surface area contributed by atoms with Gasteiger partial charge in [0.1, 0.15) is 5.54 Å². The topological polar surface area (TPSA) is 45.0 Å². The Morgan fingerprint density at radius 1 is 1.05 bits per heavy atom. The van der Waals surface area contributed by atoms with E-state index in [-0.39, 0.29) is 0 Å². The van der Waals surface area contributed by atoms with Crippen LogP contribution < -0.4 is 5.32 Å². The molecule has 3 heteroatoms. The number of hydrogen-bond acceptors (Lipinski definition) is 3. The molecule has 0 amide bonds. The van der Waals surface area contributed by atoms with E-state index < -0.39 is 5.54 Å². The van der Waals surface area contributed by atoms with E-state index in [1.807, 2.05) is 6.92 Å². The molecule has 0 aliphatic carbocycles. The highest BCUT2D eigenvalue weighted by Gasteiger charge is 2.23. The standard InChI is InChI=1S/C17H34N2O/c1-5-6-7-8-10-13-20-14-11-9-12-17(4,15-18)19-16(2)3/h16,19H,5-14H2,1-4H3. The highest BCUT2D eigenvalue weighted by molar-refractivity contribution is 5.04. The number of rotatable bonds is 13. The number of nitrogens with zero attached hydrogens (tertiary/aromatic N) is 1. The lowest BCUT2D eigenvalue weighted by atomic mass is 9.96. The minimum atomic E-state index is -0.395. The zero-order valence-corrected chi connectivity index (χ0v) is 14.0. The predicted molar refractivity (Wildman–Crippen MR) is 85.7 cm³/mol. The Morgan fingerprint density at radius 2 is 1.65 bits per heavy atom. The van der Waals surface area contributed by atoms with Gasteiger partial charge in [0.05, 0.1) is 6.07 Å². The van der Waals surface area contributed by atoms with Crippen molar-refractivity contribution in [1.29, 1.82) is 5.26 Å². The third-order valence-electron chi connectivity index (χ3n) is 3.46. The molecule has 0 aliphatic heterocycles. The average Bonchev–Trinajstić information content (AvgIpc) is 2.40. The number of ether oxygens (including phenoxy) is 1. The van der Waals surface area contributed by atoms with Crippen LogP contribution in [0, 0.1) is 11.3 Å². The Morgan fingerprint density at radius 3 is 2.20 bits per heavy atom. The largest absolute Gasteiger partial charge is 0.381 e. The van der Waals surface area contributed by atoms with Gasteiger partial charge in [0.25, 0.3) is 0 Å². The van der Waals surface area contributed by atoms with E-state index in [0.29, 0.717) is 6.04 Å². The van der Waals surface area contributed by atoms with Crippen molar-refractivity contribution in [1.82, 2.24) is 5.32 Å². The predicted octanol–water partition coefficient (Wildman–Crippen LogP) is 4.42. The van der Waals surface area contributed by atoms with Crippen LogP contribution in [-0.4, -0.2) is 24.8 Å². The Labute approximate surface area is 126 Å². The lowest BCUT2D eigenvalue weighted by Gasteiger charge is -2.25. The van der Waals surface area contributed by atoms with Crippen LogP contribution in [-0.2, 0) is 4.74 Å². The van der Waals surface area contributed by atoms with Crippen LogP contribution in [0.4, 0.5) is 0 Å². The molecular weight excluding hydrogens is 248 g/mol. The summed E-state index contributed by atoms with van der Waals surface area (Å²) in [6.07, 6.45) is 9.43. The lowest BCUT2D eigenvalue weighted by molar-refractivity contribution is 0.124. The van der Waals surface area contributed by atoms with Gasteiger partial charge < -0.3 is 4.74 Å². The third kappa shape index (κ3) is 11.3. The second kappa shape index (κ2) is 12.2. The SMILES string of the molecule is CCCCCCCOCCCCC(C)(C#N)NC(C)C. The number of unbranched alkanes of at least 4 members (excludes halogenated alkanes) is 5. The van der Waals surface area contributed by atoms with E-state index >= 15 is 0 Å². The summed E-state index contributed by atoms with van der Waals surface area (Å²) in [6, 6.07) is 2.73. The fraction of sp³-hybridized carbons (Fsp3) is 0.941. The molecule has 0 rings (SSSR count). The van der Waals surface area contributed by atoms with Crippen molar-refractivity contribution in [3.63, 3.8) is 0 Å². The maximum atomic E-state index is 9.23. The summed E-state index contributed by atoms with van der Waals surface area (Å²) in [7, 11) is 0. The summed E-state index contributed by atoms with van der Waals surface area (Å²) in [5, 5.41) is 12.6. The van der Waals surface area contributed by atoms with Crippen LogP contribution in [0.25, 0.3) is 0 Å². The first-order chi connectivity index (χ1) is 9.54. The Bertz CT molecular complexity index is 260. The van der Waals surface area contributed by atoms with E-state index in [1.165, 1.54) is 32.1 Å². The first-order valence-corrected chi connectivity index (χ1v) is 8.30. The van der Waals surface area contributed by atoms with Gasteiger partial charge in [-0.05, 0) is 46.5 Å². The van der Waals surface area contributed by atoms with E-state index in [2.05, 4.69) is 32.2 Å². The molecule has 0 aromatic rings. The van der Waals surface area contributed by atoms with Crippen molar-refractivity contribution in [3.8, 4) is 6.07 Å². The van der Waals surface area contributed by atoms with E-state index in [4.69, 9.17) is 4.74 Å². The van der Waals surface area contributed by atoms with Crippen molar-refractivity contribution in [2.24, 2.45) is 0 Å². The summed E-state index contributed by atoms with van der Waals surface area (Å²) < 4.78 is 5.64. The Balaban J connectivity index is 3.45. The molecule has 0 saturated heterocycles. The average molecular weight is 282 g/mol. The summed E-state index contributed by atoms with van der Waals surface area (Å²) in [5.74, 6) is 0. The highest BCUT2D eigenvalue weighted by Crippen LogP contribution is 2.14.